The van der Waals surface area contributed by atoms with Crippen LogP contribution in [0.5, 0.6) is 0 Å². The molecule has 9 heteroatoms. The van der Waals surface area contributed by atoms with Gasteiger partial charge in [-0.1, -0.05) is 0 Å². The van der Waals surface area contributed by atoms with E-state index in [1.807, 2.05) is 0 Å². The average molecular weight is 302 g/mol. The maximum absolute atomic E-state index is 13.8. The molecule has 1 saturated heterocycles. The molecule has 1 amide bonds. The van der Waals surface area contributed by atoms with E-state index >= 15 is 0 Å². The number of amides is 1. The zero-order valence-electron chi connectivity index (χ0n) is 10.2. The number of nitrogens with one attached hydrogen (secondary N) is 1. The summed E-state index contributed by atoms with van der Waals surface area (Å²) in [7, 11) is -4.16. The van der Waals surface area contributed by atoms with E-state index in [0.29, 0.717) is 6.07 Å². The Labute approximate surface area is 114 Å². The number of aromatic carboxylic acids is 1. The van der Waals surface area contributed by atoms with Gasteiger partial charge in [0.05, 0.1) is 12.1 Å². The van der Waals surface area contributed by atoms with Crippen LogP contribution in [0.3, 0.4) is 0 Å². The number of carboxylic acids is 1. The van der Waals surface area contributed by atoms with Gasteiger partial charge in [-0.15, -0.1) is 0 Å². The summed E-state index contributed by atoms with van der Waals surface area (Å²) < 4.78 is 39.0. The Balaban J connectivity index is 2.39. The summed E-state index contributed by atoms with van der Waals surface area (Å²) in [6.07, 6.45) is 0. The molecular weight excluding hydrogens is 291 g/mol. The van der Waals surface area contributed by atoms with Crippen molar-refractivity contribution in [3.05, 3.63) is 29.6 Å². The van der Waals surface area contributed by atoms with Gasteiger partial charge in [0.15, 0.2) is 0 Å². The molecule has 20 heavy (non-hydrogen) atoms. The second kappa shape index (κ2) is 5.17. The van der Waals surface area contributed by atoms with Crippen LogP contribution in [0.2, 0.25) is 0 Å². The van der Waals surface area contributed by atoms with E-state index in [2.05, 4.69) is 5.32 Å². The van der Waals surface area contributed by atoms with Crippen molar-refractivity contribution < 1.29 is 27.5 Å². The minimum atomic E-state index is -4.16. The highest BCUT2D eigenvalue weighted by Gasteiger charge is 2.31. The number of hydrogen-bond acceptors (Lipinski definition) is 4. The molecule has 1 aromatic rings. The number of benzene rings is 1. The number of carbonyl (C=O) groups is 2. The van der Waals surface area contributed by atoms with Crippen molar-refractivity contribution in [1.82, 2.24) is 9.62 Å². The smallest absolute Gasteiger partial charge is 0.335 e. The van der Waals surface area contributed by atoms with E-state index in [9.17, 15) is 22.4 Å². The molecule has 2 rings (SSSR count). The van der Waals surface area contributed by atoms with Gasteiger partial charge in [0.2, 0.25) is 15.9 Å². The lowest BCUT2D eigenvalue weighted by atomic mass is 10.2. The second-order valence-corrected chi connectivity index (χ2v) is 6.05. The topological polar surface area (TPSA) is 104 Å². The van der Waals surface area contributed by atoms with Crippen molar-refractivity contribution in [2.75, 3.05) is 19.6 Å². The van der Waals surface area contributed by atoms with E-state index in [1.54, 1.807) is 0 Å². The van der Waals surface area contributed by atoms with Gasteiger partial charge in [-0.2, -0.15) is 4.31 Å². The van der Waals surface area contributed by atoms with Gasteiger partial charge >= 0.3 is 5.97 Å². The third-order valence-corrected chi connectivity index (χ3v) is 4.68. The van der Waals surface area contributed by atoms with Gasteiger partial charge in [0.1, 0.15) is 10.7 Å². The lowest BCUT2D eigenvalue weighted by Crippen LogP contribution is -2.49. The Hall–Kier alpha value is -2.00. The number of hydrogen-bond donors (Lipinski definition) is 2. The first-order valence-corrected chi connectivity index (χ1v) is 7.06. The predicted molar refractivity (Wildman–Crippen MR) is 65.1 cm³/mol. The van der Waals surface area contributed by atoms with Gasteiger partial charge < -0.3 is 10.4 Å². The Bertz CT molecular complexity index is 673. The van der Waals surface area contributed by atoms with Crippen molar-refractivity contribution >= 4 is 21.9 Å². The number of carboxylic acid groups (broad SMARTS) is 1. The Morgan fingerprint density at radius 2 is 2.10 bits per heavy atom. The minimum absolute atomic E-state index is 0.0359. The molecule has 7 nitrogen and oxygen atoms in total. The first-order chi connectivity index (χ1) is 9.32. The van der Waals surface area contributed by atoms with Crippen LogP contribution in [0.1, 0.15) is 10.4 Å². The van der Waals surface area contributed by atoms with Crippen LogP contribution in [-0.4, -0.2) is 49.3 Å². The van der Waals surface area contributed by atoms with Crippen LogP contribution >= 0.6 is 0 Å². The van der Waals surface area contributed by atoms with Gasteiger partial charge in [-0.3, -0.25) is 4.79 Å². The third kappa shape index (κ3) is 2.63. The molecule has 0 saturated carbocycles. The van der Waals surface area contributed by atoms with Gasteiger partial charge in [-0.25, -0.2) is 17.6 Å². The summed E-state index contributed by atoms with van der Waals surface area (Å²) in [5.74, 6) is -2.98. The molecule has 0 aromatic heterocycles. The second-order valence-electron chi connectivity index (χ2n) is 4.14. The fraction of sp³-hybridized carbons (Fsp3) is 0.273. The molecule has 1 aliphatic rings. The summed E-state index contributed by atoms with van der Waals surface area (Å²) in [5.41, 5.74) is -0.349. The zero-order valence-corrected chi connectivity index (χ0v) is 11.0. The lowest BCUT2D eigenvalue weighted by molar-refractivity contribution is -0.122. The summed E-state index contributed by atoms with van der Waals surface area (Å²) in [5, 5.41) is 11.2. The molecule has 1 aliphatic heterocycles. The monoisotopic (exact) mass is 302 g/mol. The van der Waals surface area contributed by atoms with Crippen molar-refractivity contribution in [2.24, 2.45) is 0 Å². The molecule has 1 heterocycles. The molecule has 0 bridgehead atoms. The highest BCUT2D eigenvalue weighted by atomic mass is 32.2. The Kier molecular flexibility index (Phi) is 3.73. The molecule has 108 valence electrons. The van der Waals surface area contributed by atoms with Crippen LogP contribution in [0, 0.1) is 5.82 Å². The first-order valence-electron chi connectivity index (χ1n) is 5.62. The molecule has 2 N–H and O–H groups in total. The molecule has 0 radical (unpaired) electrons. The van der Waals surface area contributed by atoms with Crippen LogP contribution in [-0.2, 0) is 14.8 Å². The van der Waals surface area contributed by atoms with Crippen LogP contribution in [0.25, 0.3) is 0 Å². The van der Waals surface area contributed by atoms with Gasteiger partial charge in [0.25, 0.3) is 0 Å². The van der Waals surface area contributed by atoms with Crippen molar-refractivity contribution in [3.8, 4) is 0 Å². The van der Waals surface area contributed by atoms with E-state index in [4.69, 9.17) is 5.11 Å². The summed E-state index contributed by atoms with van der Waals surface area (Å²) in [6.45, 7) is -0.205. The predicted octanol–water partition coefficient (Wildman–Crippen LogP) is -0.356. The summed E-state index contributed by atoms with van der Waals surface area (Å²) >= 11 is 0. The average Bonchev–Trinajstić information content (AvgIpc) is 2.38. The van der Waals surface area contributed by atoms with E-state index in [-0.39, 0.29) is 25.2 Å². The van der Waals surface area contributed by atoms with Crippen LogP contribution in [0.4, 0.5) is 4.39 Å². The number of halogens is 1. The first kappa shape index (κ1) is 14.4. The SMILES string of the molecule is O=C1CN(S(=O)(=O)c2ccc(C(=O)O)cc2F)CCN1. The Morgan fingerprint density at radius 1 is 1.40 bits per heavy atom. The van der Waals surface area contributed by atoms with E-state index < -0.39 is 32.6 Å². The number of rotatable bonds is 3. The maximum atomic E-state index is 13.8. The number of nitrogens with zero attached hydrogens (tertiary/aromatic N) is 1. The highest BCUT2D eigenvalue weighted by molar-refractivity contribution is 7.89. The van der Waals surface area contributed by atoms with Crippen molar-refractivity contribution in [3.63, 3.8) is 0 Å². The normalized spacial score (nSPS) is 16.8. The molecule has 0 aliphatic carbocycles. The molecule has 0 unspecified atom stereocenters. The summed E-state index contributed by atoms with van der Waals surface area (Å²) in [4.78, 5) is 21.2. The lowest BCUT2D eigenvalue weighted by Gasteiger charge is -2.26. The molecule has 1 aromatic carbocycles. The maximum Gasteiger partial charge on any atom is 0.335 e. The summed E-state index contributed by atoms with van der Waals surface area (Å²) in [6, 6.07) is 2.53. The number of piperazine rings is 1. The third-order valence-electron chi connectivity index (χ3n) is 2.80. The van der Waals surface area contributed by atoms with Crippen LogP contribution in [0.15, 0.2) is 23.1 Å². The van der Waals surface area contributed by atoms with E-state index in [0.717, 1.165) is 16.4 Å². The molecular formula is C11H11FN2O5S. The quantitative estimate of drug-likeness (QED) is 0.794. The minimum Gasteiger partial charge on any atom is -0.478 e. The van der Waals surface area contributed by atoms with Crippen molar-refractivity contribution in [1.29, 1.82) is 0 Å². The fourth-order valence-corrected chi connectivity index (χ4v) is 3.24. The Morgan fingerprint density at radius 3 is 2.65 bits per heavy atom. The molecule has 1 fully saturated rings. The molecule has 0 atom stereocenters. The molecule has 0 spiro atoms. The largest absolute Gasteiger partial charge is 0.478 e. The van der Waals surface area contributed by atoms with Gasteiger partial charge in [0, 0.05) is 13.1 Å². The highest BCUT2D eigenvalue weighted by Crippen LogP contribution is 2.21. The standard InChI is InChI=1S/C11H11FN2O5S/c12-8-5-7(11(16)17)1-2-9(8)20(18,19)14-4-3-13-10(15)6-14/h1-2,5H,3-4,6H2,(H,13,15)(H,16,17). The number of sulfonamides is 1. The fourth-order valence-electron chi connectivity index (χ4n) is 1.80. The van der Waals surface area contributed by atoms with Crippen molar-refractivity contribution in [2.45, 2.75) is 4.90 Å². The van der Waals surface area contributed by atoms with E-state index in [1.165, 1.54) is 0 Å². The van der Waals surface area contributed by atoms with Crippen LogP contribution < -0.4 is 5.32 Å². The zero-order chi connectivity index (χ0) is 14.9. The number of carbonyl (C=O) groups excluding carboxylic acids is 1. The van der Waals surface area contributed by atoms with Gasteiger partial charge in [-0.05, 0) is 18.2 Å².